The Kier molecular flexibility index (Phi) is 5.69. The molecule has 2 aliphatic rings. The summed E-state index contributed by atoms with van der Waals surface area (Å²) in [7, 11) is 0. The number of nitrogen functional groups attached to an aromatic ring is 1. The lowest BCUT2D eigenvalue weighted by molar-refractivity contribution is 0.341. The van der Waals surface area contributed by atoms with Crippen LogP contribution in [0.25, 0.3) is 0 Å². The number of halogens is 2. The second-order valence-corrected chi connectivity index (χ2v) is 8.63. The first-order chi connectivity index (χ1) is 13.1. The summed E-state index contributed by atoms with van der Waals surface area (Å²) in [5, 5.41) is 1.15. The predicted molar refractivity (Wildman–Crippen MR) is 110 cm³/mol. The molecule has 2 N–H and O–H groups in total. The SMILES string of the molecule is Nc1ncc(CCC[C@@H]2C[C@@H]2C2CCN(c3ncc(Cl)cn3)CC2)cc1Cl. The molecule has 0 aromatic carbocycles. The quantitative estimate of drug-likeness (QED) is 0.757. The van der Waals surface area contributed by atoms with Gasteiger partial charge in [0.1, 0.15) is 5.82 Å². The second kappa shape index (κ2) is 8.19. The van der Waals surface area contributed by atoms with E-state index in [0.717, 1.165) is 43.2 Å². The van der Waals surface area contributed by atoms with Crippen LogP contribution in [0.3, 0.4) is 0 Å². The van der Waals surface area contributed by atoms with Crippen molar-refractivity contribution in [3.05, 3.63) is 40.3 Å². The topological polar surface area (TPSA) is 67.9 Å². The largest absolute Gasteiger partial charge is 0.382 e. The van der Waals surface area contributed by atoms with E-state index in [1.165, 1.54) is 37.7 Å². The van der Waals surface area contributed by atoms with Gasteiger partial charge in [-0.05, 0) is 67.9 Å². The van der Waals surface area contributed by atoms with Gasteiger partial charge in [-0.1, -0.05) is 23.2 Å². The highest BCUT2D eigenvalue weighted by Gasteiger charge is 2.42. The molecule has 0 amide bonds. The van der Waals surface area contributed by atoms with Crippen molar-refractivity contribution in [2.45, 2.75) is 38.5 Å². The molecule has 7 heteroatoms. The van der Waals surface area contributed by atoms with Crippen molar-refractivity contribution in [1.29, 1.82) is 0 Å². The lowest BCUT2D eigenvalue weighted by Gasteiger charge is -2.32. The fraction of sp³-hybridized carbons (Fsp3) is 0.550. The van der Waals surface area contributed by atoms with Crippen LogP contribution in [0.1, 0.15) is 37.7 Å². The molecule has 0 bridgehead atoms. The number of hydrogen-bond acceptors (Lipinski definition) is 5. The van der Waals surface area contributed by atoms with Crippen LogP contribution >= 0.6 is 23.2 Å². The van der Waals surface area contributed by atoms with E-state index in [9.17, 15) is 0 Å². The van der Waals surface area contributed by atoms with Crippen molar-refractivity contribution in [1.82, 2.24) is 15.0 Å². The third-order valence-electron chi connectivity index (χ3n) is 5.98. The number of aryl methyl sites for hydroxylation is 1. The molecule has 2 fully saturated rings. The molecule has 1 aliphatic carbocycles. The number of rotatable bonds is 6. The van der Waals surface area contributed by atoms with E-state index in [1.54, 1.807) is 12.4 Å². The third-order valence-corrected chi connectivity index (χ3v) is 6.48. The summed E-state index contributed by atoms with van der Waals surface area (Å²) < 4.78 is 0. The molecule has 2 aromatic heterocycles. The van der Waals surface area contributed by atoms with Crippen LogP contribution in [-0.4, -0.2) is 28.0 Å². The maximum Gasteiger partial charge on any atom is 0.225 e. The molecular weight excluding hydrogens is 381 g/mol. The van der Waals surface area contributed by atoms with Gasteiger partial charge < -0.3 is 10.6 Å². The van der Waals surface area contributed by atoms with Crippen molar-refractivity contribution in [2.75, 3.05) is 23.7 Å². The molecule has 2 aromatic rings. The van der Waals surface area contributed by atoms with Crippen LogP contribution in [0.2, 0.25) is 10.0 Å². The van der Waals surface area contributed by atoms with Crippen molar-refractivity contribution < 1.29 is 0 Å². The summed E-state index contributed by atoms with van der Waals surface area (Å²) >= 11 is 11.9. The Bertz CT molecular complexity index is 774. The Labute approximate surface area is 170 Å². The molecular formula is C20H25Cl2N5. The standard InChI is InChI=1S/C20H25Cl2N5/c21-16-11-25-20(26-12-16)27-6-4-14(5-7-27)17-9-15(17)3-1-2-13-8-18(22)19(23)24-10-13/h8,10-12,14-15,17H,1-7,9H2,(H2,23,24)/t15-,17-/m1/s1. The van der Waals surface area contributed by atoms with Crippen LogP contribution in [-0.2, 0) is 6.42 Å². The number of nitrogens with zero attached hydrogens (tertiary/aromatic N) is 4. The van der Waals surface area contributed by atoms with Crippen LogP contribution in [0.15, 0.2) is 24.7 Å². The fourth-order valence-electron chi connectivity index (χ4n) is 4.37. The summed E-state index contributed by atoms with van der Waals surface area (Å²) in [5.74, 6) is 3.88. The molecule has 1 saturated heterocycles. The van der Waals surface area contributed by atoms with E-state index < -0.39 is 0 Å². The molecule has 3 heterocycles. The lowest BCUT2D eigenvalue weighted by Crippen LogP contribution is -2.35. The maximum absolute atomic E-state index is 6.05. The predicted octanol–water partition coefficient (Wildman–Crippen LogP) is 4.64. The number of aromatic nitrogens is 3. The zero-order valence-electron chi connectivity index (χ0n) is 15.3. The molecule has 5 nitrogen and oxygen atoms in total. The Morgan fingerprint density at radius 1 is 1.07 bits per heavy atom. The van der Waals surface area contributed by atoms with Gasteiger partial charge in [-0.2, -0.15) is 0 Å². The van der Waals surface area contributed by atoms with Crippen LogP contribution in [0.5, 0.6) is 0 Å². The smallest absolute Gasteiger partial charge is 0.225 e. The van der Waals surface area contributed by atoms with Crippen molar-refractivity contribution >= 4 is 35.0 Å². The van der Waals surface area contributed by atoms with E-state index >= 15 is 0 Å². The maximum atomic E-state index is 6.05. The third kappa shape index (κ3) is 4.64. The summed E-state index contributed by atoms with van der Waals surface area (Å²) in [5.41, 5.74) is 6.85. The van der Waals surface area contributed by atoms with Gasteiger partial charge in [0.05, 0.1) is 22.4 Å². The minimum absolute atomic E-state index is 0.415. The van der Waals surface area contributed by atoms with Crippen molar-refractivity contribution in [3.8, 4) is 0 Å². The molecule has 144 valence electrons. The molecule has 4 rings (SSSR count). The van der Waals surface area contributed by atoms with E-state index in [4.69, 9.17) is 28.9 Å². The van der Waals surface area contributed by atoms with Gasteiger partial charge in [-0.25, -0.2) is 15.0 Å². The summed E-state index contributed by atoms with van der Waals surface area (Å²) in [4.78, 5) is 15.1. The Hall–Kier alpha value is -1.59. The molecule has 0 spiro atoms. The summed E-state index contributed by atoms with van der Waals surface area (Å²) in [6, 6.07) is 1.95. The van der Waals surface area contributed by atoms with Crippen molar-refractivity contribution in [2.24, 2.45) is 17.8 Å². The highest BCUT2D eigenvalue weighted by Crippen LogP contribution is 2.50. The van der Waals surface area contributed by atoms with Crippen LogP contribution in [0.4, 0.5) is 11.8 Å². The van der Waals surface area contributed by atoms with E-state index in [-0.39, 0.29) is 0 Å². The number of anilines is 2. The van der Waals surface area contributed by atoms with Gasteiger partial charge in [0.15, 0.2) is 0 Å². The van der Waals surface area contributed by atoms with Gasteiger partial charge in [0.2, 0.25) is 5.95 Å². The molecule has 2 atom stereocenters. The highest BCUT2D eigenvalue weighted by atomic mass is 35.5. The van der Waals surface area contributed by atoms with Gasteiger partial charge in [0.25, 0.3) is 0 Å². The first-order valence-corrected chi connectivity index (χ1v) is 10.5. The molecule has 0 unspecified atom stereocenters. The lowest BCUT2D eigenvalue weighted by atomic mass is 9.90. The van der Waals surface area contributed by atoms with Crippen LogP contribution < -0.4 is 10.6 Å². The molecule has 1 saturated carbocycles. The Morgan fingerprint density at radius 2 is 1.81 bits per heavy atom. The number of piperidine rings is 1. The fourth-order valence-corrected chi connectivity index (χ4v) is 4.66. The second-order valence-electron chi connectivity index (χ2n) is 7.79. The first kappa shape index (κ1) is 18.8. The van der Waals surface area contributed by atoms with E-state index in [0.29, 0.717) is 15.9 Å². The number of nitrogens with two attached hydrogens (primary N) is 1. The zero-order valence-corrected chi connectivity index (χ0v) is 16.8. The Morgan fingerprint density at radius 3 is 2.52 bits per heavy atom. The molecule has 1 aliphatic heterocycles. The monoisotopic (exact) mass is 405 g/mol. The van der Waals surface area contributed by atoms with Gasteiger partial charge in [0, 0.05) is 19.3 Å². The van der Waals surface area contributed by atoms with Gasteiger partial charge >= 0.3 is 0 Å². The Balaban J connectivity index is 1.19. The molecule has 0 radical (unpaired) electrons. The number of hydrogen-bond donors (Lipinski definition) is 1. The normalized spacial score (nSPS) is 22.8. The number of pyridine rings is 1. The average molecular weight is 406 g/mol. The van der Waals surface area contributed by atoms with Gasteiger partial charge in [-0.15, -0.1) is 0 Å². The van der Waals surface area contributed by atoms with Crippen molar-refractivity contribution in [3.63, 3.8) is 0 Å². The van der Waals surface area contributed by atoms with E-state index in [2.05, 4.69) is 19.9 Å². The zero-order chi connectivity index (χ0) is 18.8. The first-order valence-electron chi connectivity index (χ1n) is 9.72. The van der Waals surface area contributed by atoms with E-state index in [1.807, 2.05) is 12.3 Å². The highest BCUT2D eigenvalue weighted by molar-refractivity contribution is 6.32. The van der Waals surface area contributed by atoms with Gasteiger partial charge in [-0.3, -0.25) is 0 Å². The minimum atomic E-state index is 0.415. The average Bonchev–Trinajstić information content (AvgIpc) is 3.45. The van der Waals surface area contributed by atoms with Crippen LogP contribution in [0, 0.1) is 17.8 Å². The summed E-state index contributed by atoms with van der Waals surface area (Å²) in [6.07, 6.45) is 12.6. The summed E-state index contributed by atoms with van der Waals surface area (Å²) in [6.45, 7) is 2.09. The molecule has 27 heavy (non-hydrogen) atoms. The minimum Gasteiger partial charge on any atom is -0.382 e.